The molecule has 32 heavy (non-hydrogen) atoms. The summed E-state index contributed by atoms with van der Waals surface area (Å²) in [5.74, 6) is -1.29. The molecule has 5 heteroatoms. The summed E-state index contributed by atoms with van der Waals surface area (Å²) in [5, 5.41) is 8.86. The van der Waals surface area contributed by atoms with Crippen LogP contribution in [0.4, 0.5) is 17.1 Å². The first-order valence-corrected chi connectivity index (χ1v) is 11.3. The number of hydrogen-bond acceptors (Lipinski definition) is 3. The summed E-state index contributed by atoms with van der Waals surface area (Å²) in [5.41, 5.74) is 6.30. The van der Waals surface area contributed by atoms with E-state index in [-0.39, 0.29) is 6.04 Å². The van der Waals surface area contributed by atoms with Gasteiger partial charge in [-0.2, -0.15) is 0 Å². The van der Waals surface area contributed by atoms with Crippen LogP contribution in [0.25, 0.3) is 0 Å². The molecule has 0 radical (unpaired) electrons. The molecule has 0 saturated carbocycles. The Morgan fingerprint density at radius 2 is 1.44 bits per heavy atom. The van der Waals surface area contributed by atoms with Crippen molar-refractivity contribution >= 4 is 28.9 Å². The Labute approximate surface area is 189 Å². The lowest BCUT2D eigenvalue weighted by molar-refractivity contribution is -0.136. The lowest BCUT2D eigenvalue weighted by Gasteiger charge is -2.21. The third-order valence-corrected chi connectivity index (χ3v) is 5.90. The molecular weight excluding hydrogens is 398 g/mol. The third-order valence-electron chi connectivity index (χ3n) is 5.90. The molecule has 0 aromatic heterocycles. The highest BCUT2D eigenvalue weighted by molar-refractivity contribution is 6.39. The van der Waals surface area contributed by atoms with Gasteiger partial charge < -0.3 is 16.0 Å². The number of anilines is 3. The molecule has 0 fully saturated rings. The van der Waals surface area contributed by atoms with Crippen LogP contribution in [0.15, 0.2) is 72.8 Å². The molecule has 3 aromatic carbocycles. The van der Waals surface area contributed by atoms with E-state index < -0.39 is 11.8 Å². The van der Waals surface area contributed by atoms with Gasteiger partial charge in [0.15, 0.2) is 0 Å². The minimum absolute atomic E-state index is 0.182. The standard InChI is InChI=1S/C27H29N3O2/c1-2-25(21-13-12-19-8-6-7-9-20(19)18-21)30-27(32)26(31)29-24-16-14-23(15-17-24)28-22-10-4-3-5-11-22/h3-5,10-18,25,28H,2,6-9H2,1H3,(H,29,31)(H,30,32). The van der Waals surface area contributed by atoms with Crippen LogP contribution in [-0.4, -0.2) is 11.8 Å². The van der Waals surface area contributed by atoms with Crippen molar-refractivity contribution in [3.63, 3.8) is 0 Å². The molecule has 164 valence electrons. The van der Waals surface area contributed by atoms with Crippen LogP contribution in [-0.2, 0) is 22.4 Å². The largest absolute Gasteiger partial charge is 0.356 e. The first-order valence-electron chi connectivity index (χ1n) is 11.3. The maximum Gasteiger partial charge on any atom is 0.313 e. The van der Waals surface area contributed by atoms with Gasteiger partial charge in [-0.25, -0.2) is 0 Å². The highest BCUT2D eigenvalue weighted by Gasteiger charge is 2.20. The molecule has 0 saturated heterocycles. The first kappa shape index (κ1) is 21.6. The van der Waals surface area contributed by atoms with Gasteiger partial charge in [-0.3, -0.25) is 9.59 Å². The minimum atomic E-state index is -0.662. The van der Waals surface area contributed by atoms with E-state index in [1.54, 1.807) is 12.1 Å². The fraction of sp³-hybridized carbons (Fsp3) is 0.259. The molecule has 0 heterocycles. The summed E-state index contributed by atoms with van der Waals surface area (Å²) in [6.07, 6.45) is 5.38. The van der Waals surface area contributed by atoms with Gasteiger partial charge in [-0.1, -0.05) is 43.3 Å². The molecule has 1 atom stereocenters. The highest BCUT2D eigenvalue weighted by atomic mass is 16.2. The molecule has 5 nitrogen and oxygen atoms in total. The van der Waals surface area contributed by atoms with Crippen LogP contribution < -0.4 is 16.0 Å². The van der Waals surface area contributed by atoms with Crippen molar-refractivity contribution in [3.05, 3.63) is 89.5 Å². The number of aryl methyl sites for hydroxylation is 2. The molecule has 3 N–H and O–H groups in total. The zero-order valence-corrected chi connectivity index (χ0v) is 18.4. The maximum absolute atomic E-state index is 12.6. The van der Waals surface area contributed by atoms with Crippen LogP contribution in [0.5, 0.6) is 0 Å². The van der Waals surface area contributed by atoms with E-state index in [0.717, 1.165) is 36.2 Å². The summed E-state index contributed by atoms with van der Waals surface area (Å²) in [6.45, 7) is 2.01. The van der Waals surface area contributed by atoms with E-state index >= 15 is 0 Å². The van der Waals surface area contributed by atoms with Crippen LogP contribution in [0.1, 0.15) is 48.9 Å². The molecule has 0 spiro atoms. The van der Waals surface area contributed by atoms with Gasteiger partial charge in [0.2, 0.25) is 0 Å². The number of benzene rings is 3. The van der Waals surface area contributed by atoms with Crippen LogP contribution in [0, 0.1) is 0 Å². The number of carbonyl (C=O) groups is 2. The summed E-state index contributed by atoms with van der Waals surface area (Å²) in [6, 6.07) is 23.4. The van der Waals surface area contributed by atoms with Gasteiger partial charge >= 0.3 is 11.8 Å². The van der Waals surface area contributed by atoms with Crippen molar-refractivity contribution in [1.29, 1.82) is 0 Å². The Kier molecular flexibility index (Phi) is 6.85. The monoisotopic (exact) mass is 427 g/mol. The molecule has 0 bridgehead atoms. The second-order valence-electron chi connectivity index (χ2n) is 8.19. The fourth-order valence-electron chi connectivity index (χ4n) is 4.13. The van der Waals surface area contributed by atoms with Crippen molar-refractivity contribution < 1.29 is 9.59 Å². The normalized spacial score (nSPS) is 13.5. The zero-order valence-electron chi connectivity index (χ0n) is 18.4. The van der Waals surface area contributed by atoms with Gasteiger partial charge in [-0.05, 0) is 85.2 Å². The number of amides is 2. The Hall–Kier alpha value is -3.60. The molecule has 2 amide bonds. The van der Waals surface area contributed by atoms with Crippen molar-refractivity contribution in [3.8, 4) is 0 Å². The number of para-hydroxylation sites is 1. The van der Waals surface area contributed by atoms with Gasteiger partial charge in [0.05, 0.1) is 6.04 Å². The first-order chi connectivity index (χ1) is 15.6. The number of hydrogen-bond donors (Lipinski definition) is 3. The van der Waals surface area contributed by atoms with Crippen LogP contribution in [0.3, 0.4) is 0 Å². The van der Waals surface area contributed by atoms with Crippen molar-refractivity contribution in [2.75, 3.05) is 10.6 Å². The average Bonchev–Trinajstić information content (AvgIpc) is 2.84. The minimum Gasteiger partial charge on any atom is -0.356 e. The molecule has 1 unspecified atom stereocenters. The van der Waals surface area contributed by atoms with E-state index in [9.17, 15) is 9.59 Å². The molecule has 3 aromatic rings. The maximum atomic E-state index is 12.6. The topological polar surface area (TPSA) is 70.2 Å². The van der Waals surface area contributed by atoms with Gasteiger partial charge in [-0.15, -0.1) is 0 Å². The zero-order chi connectivity index (χ0) is 22.3. The SMILES string of the molecule is CCC(NC(=O)C(=O)Nc1ccc(Nc2ccccc2)cc1)c1ccc2c(c1)CCCC2. The smallest absolute Gasteiger partial charge is 0.313 e. The molecule has 0 aliphatic heterocycles. The Morgan fingerprint density at radius 3 is 2.16 bits per heavy atom. The third kappa shape index (κ3) is 5.35. The Bertz CT molecular complexity index is 1080. The number of rotatable bonds is 6. The number of nitrogens with one attached hydrogen (secondary N) is 3. The number of fused-ring (bicyclic) bond motifs is 1. The van der Waals surface area contributed by atoms with E-state index in [2.05, 4.69) is 34.1 Å². The highest BCUT2D eigenvalue weighted by Crippen LogP contribution is 2.26. The molecule has 1 aliphatic rings. The van der Waals surface area contributed by atoms with Gasteiger partial charge in [0.25, 0.3) is 0 Å². The van der Waals surface area contributed by atoms with Gasteiger partial charge in [0.1, 0.15) is 0 Å². The second-order valence-corrected chi connectivity index (χ2v) is 8.19. The van der Waals surface area contributed by atoms with Crippen molar-refractivity contribution in [1.82, 2.24) is 5.32 Å². The summed E-state index contributed by atoms with van der Waals surface area (Å²) < 4.78 is 0. The van der Waals surface area contributed by atoms with E-state index in [1.165, 1.54) is 24.0 Å². The predicted octanol–water partition coefficient (Wildman–Crippen LogP) is 5.52. The molecule has 1 aliphatic carbocycles. The van der Waals surface area contributed by atoms with E-state index in [1.807, 2.05) is 49.4 Å². The van der Waals surface area contributed by atoms with E-state index in [0.29, 0.717) is 5.69 Å². The van der Waals surface area contributed by atoms with Crippen LogP contribution >= 0.6 is 0 Å². The average molecular weight is 428 g/mol. The van der Waals surface area contributed by atoms with Crippen molar-refractivity contribution in [2.45, 2.75) is 45.1 Å². The summed E-state index contributed by atoms with van der Waals surface area (Å²) >= 11 is 0. The van der Waals surface area contributed by atoms with Crippen molar-refractivity contribution in [2.24, 2.45) is 0 Å². The van der Waals surface area contributed by atoms with E-state index in [4.69, 9.17) is 0 Å². The lowest BCUT2D eigenvalue weighted by Crippen LogP contribution is -2.37. The summed E-state index contributed by atoms with van der Waals surface area (Å²) in [7, 11) is 0. The lowest BCUT2D eigenvalue weighted by atomic mass is 9.89. The van der Waals surface area contributed by atoms with Crippen LogP contribution in [0.2, 0.25) is 0 Å². The summed E-state index contributed by atoms with van der Waals surface area (Å²) in [4.78, 5) is 25.0. The van der Waals surface area contributed by atoms with Gasteiger partial charge in [0, 0.05) is 17.1 Å². The predicted molar refractivity (Wildman–Crippen MR) is 129 cm³/mol. The Morgan fingerprint density at radius 1 is 0.781 bits per heavy atom. The quantitative estimate of drug-likeness (QED) is 0.454. The molecular formula is C27H29N3O2. The molecule has 4 rings (SSSR count). The number of carbonyl (C=O) groups excluding carboxylic acids is 2. The fourth-order valence-corrected chi connectivity index (χ4v) is 4.13. The second kappa shape index (κ2) is 10.1. The Balaban J connectivity index is 1.35.